The van der Waals surface area contributed by atoms with Crippen molar-refractivity contribution in [1.29, 1.82) is 0 Å². The fourth-order valence-corrected chi connectivity index (χ4v) is 3.31. The summed E-state index contributed by atoms with van der Waals surface area (Å²) in [7, 11) is 0. The maximum atomic E-state index is 13.0. The second kappa shape index (κ2) is 7.76. The first-order chi connectivity index (χ1) is 14.0. The highest BCUT2D eigenvalue weighted by Crippen LogP contribution is 2.34. The number of hydrogen-bond donors (Lipinski definition) is 2. The van der Waals surface area contributed by atoms with Crippen LogP contribution in [-0.4, -0.2) is 42.4 Å². The standard InChI is InChI=1S/C21H18N2O6/c24-16-7-6-14-18(17(25)12-15(22-14)21(26)27)20(29-13-4-2-1-3-5-13)19(16)23-8-10-28-11-9-23/h1-7,12H,8-11H2,(H,22,25)(H,26,27). The number of aromatic carboxylic acids is 1. The Balaban J connectivity index is 2.05. The van der Waals surface area contributed by atoms with Gasteiger partial charge in [0.1, 0.15) is 17.1 Å². The molecule has 0 spiro atoms. The predicted molar refractivity (Wildman–Crippen MR) is 107 cm³/mol. The van der Waals surface area contributed by atoms with Gasteiger partial charge in [0.15, 0.2) is 11.2 Å². The van der Waals surface area contributed by atoms with Gasteiger partial charge < -0.3 is 24.5 Å². The number of benzene rings is 1. The molecule has 1 aliphatic heterocycles. The molecule has 0 radical (unpaired) electrons. The Hall–Kier alpha value is -3.65. The number of H-pyrrole nitrogens is 1. The number of hydrogen-bond acceptors (Lipinski definition) is 6. The maximum absolute atomic E-state index is 13.0. The number of carboxylic acids is 1. The number of nitrogens with zero attached hydrogens (tertiary/aromatic N) is 1. The summed E-state index contributed by atoms with van der Waals surface area (Å²) in [6, 6.07) is 12.5. The first kappa shape index (κ1) is 18.7. The van der Waals surface area contributed by atoms with Crippen LogP contribution in [0.3, 0.4) is 0 Å². The Kier molecular flexibility index (Phi) is 5.01. The smallest absolute Gasteiger partial charge is 0.352 e. The Labute approximate surface area is 164 Å². The highest BCUT2D eigenvalue weighted by Gasteiger charge is 2.23. The monoisotopic (exact) mass is 394 g/mol. The summed E-state index contributed by atoms with van der Waals surface area (Å²) in [5.41, 5.74) is -0.691. The van der Waals surface area contributed by atoms with E-state index in [9.17, 15) is 19.5 Å². The molecule has 0 amide bonds. The number of ether oxygens (including phenoxy) is 2. The molecule has 0 atom stereocenters. The van der Waals surface area contributed by atoms with Crippen LogP contribution in [0.25, 0.3) is 10.9 Å². The molecular weight excluding hydrogens is 376 g/mol. The average molecular weight is 394 g/mol. The summed E-state index contributed by atoms with van der Waals surface area (Å²) in [5, 5.41) is 9.38. The number of morpholine rings is 1. The minimum atomic E-state index is -1.27. The molecule has 0 aliphatic carbocycles. The van der Waals surface area contributed by atoms with Gasteiger partial charge in [-0.25, -0.2) is 4.79 Å². The van der Waals surface area contributed by atoms with Crippen LogP contribution in [-0.2, 0) is 4.74 Å². The van der Waals surface area contributed by atoms with Crippen molar-refractivity contribution < 1.29 is 19.4 Å². The summed E-state index contributed by atoms with van der Waals surface area (Å²) in [6.07, 6.45) is 0. The van der Waals surface area contributed by atoms with E-state index in [1.54, 1.807) is 24.3 Å². The topological polar surface area (TPSA) is 109 Å². The van der Waals surface area contributed by atoms with Crippen molar-refractivity contribution >= 4 is 22.6 Å². The van der Waals surface area contributed by atoms with Crippen LogP contribution in [0.2, 0.25) is 0 Å². The van der Waals surface area contributed by atoms with Gasteiger partial charge in [0.05, 0.1) is 24.1 Å². The van der Waals surface area contributed by atoms with Crippen LogP contribution in [0.5, 0.6) is 11.5 Å². The largest absolute Gasteiger partial charge is 0.477 e. The van der Waals surface area contributed by atoms with Crippen molar-refractivity contribution in [2.24, 2.45) is 0 Å². The van der Waals surface area contributed by atoms with Gasteiger partial charge in [0.25, 0.3) is 0 Å². The van der Waals surface area contributed by atoms with Gasteiger partial charge in [0, 0.05) is 19.2 Å². The summed E-state index contributed by atoms with van der Waals surface area (Å²) in [4.78, 5) is 41.7. The molecule has 148 valence electrons. The zero-order valence-corrected chi connectivity index (χ0v) is 15.4. The number of nitrogens with one attached hydrogen (secondary N) is 1. The average Bonchev–Trinajstić information content (AvgIpc) is 2.86. The Morgan fingerprint density at radius 2 is 1.76 bits per heavy atom. The van der Waals surface area contributed by atoms with E-state index in [0.717, 1.165) is 6.07 Å². The van der Waals surface area contributed by atoms with Gasteiger partial charge in [0.2, 0.25) is 5.43 Å². The highest BCUT2D eigenvalue weighted by molar-refractivity contribution is 5.94. The van der Waals surface area contributed by atoms with E-state index < -0.39 is 11.4 Å². The number of carbonyl (C=O) groups is 1. The van der Waals surface area contributed by atoms with Crippen molar-refractivity contribution in [1.82, 2.24) is 4.98 Å². The molecule has 4 rings (SSSR count). The van der Waals surface area contributed by atoms with Crippen LogP contribution < -0.4 is 20.5 Å². The quantitative estimate of drug-likeness (QED) is 0.698. The highest BCUT2D eigenvalue weighted by atomic mass is 16.5. The van der Waals surface area contributed by atoms with E-state index in [1.807, 2.05) is 11.0 Å². The molecule has 2 N–H and O–H groups in total. The number of carboxylic acid groups (broad SMARTS) is 1. The van der Waals surface area contributed by atoms with E-state index in [2.05, 4.69) is 4.98 Å². The van der Waals surface area contributed by atoms with Crippen LogP contribution in [0, 0.1) is 0 Å². The van der Waals surface area contributed by atoms with E-state index in [4.69, 9.17) is 9.47 Å². The fourth-order valence-electron chi connectivity index (χ4n) is 3.31. The molecule has 2 heterocycles. The minimum absolute atomic E-state index is 0.0984. The number of pyridine rings is 1. The molecule has 2 aromatic carbocycles. The number of anilines is 1. The molecule has 8 nitrogen and oxygen atoms in total. The van der Waals surface area contributed by atoms with Gasteiger partial charge in [-0.2, -0.15) is 0 Å². The molecule has 29 heavy (non-hydrogen) atoms. The third-order valence-corrected chi connectivity index (χ3v) is 4.66. The number of rotatable bonds is 4. The molecule has 0 unspecified atom stereocenters. The molecule has 0 saturated carbocycles. The predicted octanol–water partition coefficient (Wildman–Crippen LogP) is 2.22. The van der Waals surface area contributed by atoms with Gasteiger partial charge in [-0.1, -0.05) is 18.2 Å². The lowest BCUT2D eigenvalue weighted by Crippen LogP contribution is -2.38. The van der Waals surface area contributed by atoms with E-state index >= 15 is 0 Å². The second-order valence-corrected chi connectivity index (χ2v) is 6.53. The molecule has 0 bridgehead atoms. The first-order valence-corrected chi connectivity index (χ1v) is 9.08. The van der Waals surface area contributed by atoms with Crippen molar-refractivity contribution in [3.05, 3.63) is 74.7 Å². The lowest BCUT2D eigenvalue weighted by Gasteiger charge is -2.29. The molecule has 1 saturated heterocycles. The zero-order chi connectivity index (χ0) is 20.4. The van der Waals surface area contributed by atoms with Gasteiger partial charge in [-0.05, 0) is 24.3 Å². The Bertz CT molecular complexity index is 1180. The van der Waals surface area contributed by atoms with E-state index in [0.29, 0.717) is 32.1 Å². The summed E-state index contributed by atoms with van der Waals surface area (Å²) >= 11 is 0. The molecule has 8 heteroatoms. The molecule has 1 aromatic heterocycles. The van der Waals surface area contributed by atoms with Crippen molar-refractivity contribution in [3.8, 4) is 11.5 Å². The van der Waals surface area contributed by atoms with Crippen LogP contribution >= 0.6 is 0 Å². The Morgan fingerprint density at radius 1 is 1.03 bits per heavy atom. The van der Waals surface area contributed by atoms with E-state index in [1.165, 1.54) is 12.1 Å². The summed E-state index contributed by atoms with van der Waals surface area (Å²) in [6.45, 7) is 1.83. The van der Waals surface area contributed by atoms with Crippen molar-refractivity contribution in [2.45, 2.75) is 0 Å². The van der Waals surface area contributed by atoms with Crippen LogP contribution in [0.1, 0.15) is 10.5 Å². The lowest BCUT2D eigenvalue weighted by atomic mass is 10.2. The van der Waals surface area contributed by atoms with Crippen molar-refractivity contribution in [2.75, 3.05) is 31.2 Å². The van der Waals surface area contributed by atoms with Crippen LogP contribution in [0.4, 0.5) is 5.69 Å². The van der Waals surface area contributed by atoms with Gasteiger partial charge >= 0.3 is 5.97 Å². The zero-order valence-electron chi connectivity index (χ0n) is 15.4. The van der Waals surface area contributed by atoms with Crippen molar-refractivity contribution in [3.63, 3.8) is 0 Å². The number of aromatic nitrogens is 1. The SMILES string of the molecule is O=C(O)c1cc(=O)c2c(Oc3ccccc3)c(N3CCOCC3)c(=O)ccc2[nH]1. The van der Waals surface area contributed by atoms with Gasteiger partial charge in [-0.15, -0.1) is 0 Å². The number of aromatic amines is 1. The fraction of sp³-hybridized carbons (Fsp3) is 0.190. The third-order valence-electron chi connectivity index (χ3n) is 4.66. The van der Waals surface area contributed by atoms with Crippen LogP contribution in [0.15, 0.2) is 58.1 Å². The lowest BCUT2D eigenvalue weighted by molar-refractivity contribution is 0.0691. The molecular formula is C21H18N2O6. The third kappa shape index (κ3) is 3.70. The normalized spacial score (nSPS) is 14.0. The number of para-hydroxylation sites is 1. The molecule has 1 fully saturated rings. The molecule has 1 aliphatic rings. The maximum Gasteiger partial charge on any atom is 0.352 e. The van der Waals surface area contributed by atoms with E-state index in [-0.39, 0.29) is 33.5 Å². The first-order valence-electron chi connectivity index (χ1n) is 9.08. The second-order valence-electron chi connectivity index (χ2n) is 6.53. The van der Waals surface area contributed by atoms with Gasteiger partial charge in [-0.3, -0.25) is 9.59 Å². The summed E-state index contributed by atoms with van der Waals surface area (Å²) < 4.78 is 11.4. The minimum Gasteiger partial charge on any atom is -0.477 e. The molecule has 3 aromatic rings. The number of fused-ring (bicyclic) bond motifs is 1. The Morgan fingerprint density at radius 3 is 2.45 bits per heavy atom. The summed E-state index contributed by atoms with van der Waals surface area (Å²) in [5.74, 6) is -0.714.